The number of hydrogen-bond acceptors (Lipinski definition) is 3. The van der Waals surface area contributed by atoms with E-state index in [0.717, 1.165) is 21.7 Å². The summed E-state index contributed by atoms with van der Waals surface area (Å²) in [6, 6.07) is 21.8. The summed E-state index contributed by atoms with van der Waals surface area (Å²) in [5.41, 5.74) is 1.19. The van der Waals surface area contributed by atoms with Gasteiger partial charge in [-0.15, -0.1) is 0 Å². The van der Waals surface area contributed by atoms with Gasteiger partial charge in [0.15, 0.2) is 0 Å². The molecule has 0 aliphatic carbocycles. The van der Waals surface area contributed by atoms with Gasteiger partial charge in [-0.05, 0) is 46.8 Å². The van der Waals surface area contributed by atoms with Crippen LogP contribution in [0.15, 0.2) is 72.8 Å². The second-order valence-electron chi connectivity index (χ2n) is 6.63. The number of hydrogen-bond donors (Lipinski definition) is 3. The molecule has 1 atom stereocenters. The topological polar surface area (TPSA) is 69.6 Å². The molecular weight excluding hydrogens is 338 g/mol. The number of fused-ring (bicyclic) bond motifs is 2. The summed E-state index contributed by atoms with van der Waals surface area (Å²) < 4.78 is 0. The van der Waals surface area contributed by atoms with E-state index in [1.807, 2.05) is 49.4 Å². The zero-order valence-electron chi connectivity index (χ0n) is 14.8. The fourth-order valence-corrected chi connectivity index (χ4v) is 3.46. The molecule has 4 nitrogen and oxygen atoms in total. The van der Waals surface area contributed by atoms with Gasteiger partial charge in [-0.25, -0.2) is 0 Å². The van der Waals surface area contributed by atoms with Crippen molar-refractivity contribution in [3.8, 4) is 11.5 Å². The van der Waals surface area contributed by atoms with E-state index in [1.165, 1.54) is 6.07 Å². The highest BCUT2D eigenvalue weighted by atomic mass is 16.3. The second-order valence-corrected chi connectivity index (χ2v) is 6.63. The van der Waals surface area contributed by atoms with Crippen LogP contribution in [0, 0.1) is 0 Å². The van der Waals surface area contributed by atoms with E-state index in [-0.39, 0.29) is 29.0 Å². The third kappa shape index (κ3) is 3.06. The van der Waals surface area contributed by atoms with E-state index in [0.29, 0.717) is 5.39 Å². The Bertz CT molecular complexity index is 1160. The Balaban J connectivity index is 1.67. The lowest BCUT2D eigenvalue weighted by atomic mass is 9.99. The Labute approximate surface area is 156 Å². The summed E-state index contributed by atoms with van der Waals surface area (Å²) >= 11 is 0. The predicted molar refractivity (Wildman–Crippen MR) is 107 cm³/mol. The van der Waals surface area contributed by atoms with Crippen molar-refractivity contribution >= 4 is 27.5 Å². The first-order chi connectivity index (χ1) is 13.0. The maximum Gasteiger partial charge on any atom is 0.255 e. The number of phenolic OH excluding ortho intramolecular Hbond substituents is 2. The third-order valence-corrected chi connectivity index (χ3v) is 4.86. The van der Waals surface area contributed by atoms with Crippen molar-refractivity contribution in [3.05, 3.63) is 83.9 Å². The zero-order chi connectivity index (χ0) is 19.0. The molecule has 3 N–H and O–H groups in total. The van der Waals surface area contributed by atoms with Crippen LogP contribution in [0.5, 0.6) is 11.5 Å². The van der Waals surface area contributed by atoms with Gasteiger partial charge in [0, 0.05) is 5.39 Å². The monoisotopic (exact) mass is 357 g/mol. The Morgan fingerprint density at radius 3 is 2.41 bits per heavy atom. The summed E-state index contributed by atoms with van der Waals surface area (Å²) in [7, 11) is 0. The molecule has 27 heavy (non-hydrogen) atoms. The van der Waals surface area contributed by atoms with Crippen molar-refractivity contribution in [2.24, 2.45) is 0 Å². The van der Waals surface area contributed by atoms with Crippen LogP contribution in [-0.4, -0.2) is 16.1 Å². The van der Waals surface area contributed by atoms with Gasteiger partial charge in [0.2, 0.25) is 0 Å². The van der Waals surface area contributed by atoms with Crippen molar-refractivity contribution in [3.63, 3.8) is 0 Å². The van der Waals surface area contributed by atoms with Crippen molar-refractivity contribution in [1.29, 1.82) is 0 Å². The Hall–Kier alpha value is -3.53. The molecule has 4 aromatic rings. The number of carbonyl (C=O) groups excluding carboxylic acids is 1. The predicted octanol–water partition coefficient (Wildman–Crippen LogP) is 4.90. The number of phenols is 2. The van der Waals surface area contributed by atoms with E-state index >= 15 is 0 Å². The third-order valence-electron chi connectivity index (χ3n) is 4.86. The van der Waals surface area contributed by atoms with E-state index in [1.54, 1.807) is 24.3 Å². The minimum Gasteiger partial charge on any atom is -0.508 e. The number of nitrogens with one attached hydrogen (secondary N) is 1. The molecule has 0 saturated heterocycles. The number of benzene rings is 4. The average molecular weight is 357 g/mol. The Morgan fingerprint density at radius 2 is 1.56 bits per heavy atom. The minimum absolute atomic E-state index is 0.0412. The summed E-state index contributed by atoms with van der Waals surface area (Å²) in [5, 5.41) is 26.6. The number of amides is 1. The van der Waals surface area contributed by atoms with E-state index in [4.69, 9.17) is 0 Å². The summed E-state index contributed by atoms with van der Waals surface area (Å²) in [5.74, 6) is -0.455. The molecule has 0 bridgehead atoms. The van der Waals surface area contributed by atoms with Crippen molar-refractivity contribution < 1.29 is 15.0 Å². The lowest BCUT2D eigenvalue weighted by Crippen LogP contribution is -2.26. The fraction of sp³-hybridized carbons (Fsp3) is 0.0870. The molecule has 0 aliphatic rings. The van der Waals surface area contributed by atoms with Crippen LogP contribution in [-0.2, 0) is 0 Å². The molecule has 4 rings (SSSR count). The molecular formula is C23H19NO3. The Kier molecular flexibility index (Phi) is 4.16. The van der Waals surface area contributed by atoms with Gasteiger partial charge < -0.3 is 15.5 Å². The van der Waals surface area contributed by atoms with Crippen molar-refractivity contribution in [1.82, 2.24) is 5.32 Å². The molecule has 4 heteroatoms. The van der Waals surface area contributed by atoms with Crippen LogP contribution in [0.3, 0.4) is 0 Å². The molecule has 0 aliphatic heterocycles. The first-order valence-corrected chi connectivity index (χ1v) is 8.78. The van der Waals surface area contributed by atoms with Gasteiger partial charge >= 0.3 is 0 Å². The quantitative estimate of drug-likeness (QED) is 0.489. The summed E-state index contributed by atoms with van der Waals surface area (Å²) in [6.45, 7) is 1.92. The molecule has 4 aromatic carbocycles. The van der Waals surface area contributed by atoms with Crippen LogP contribution < -0.4 is 5.32 Å². The molecule has 0 unspecified atom stereocenters. The van der Waals surface area contributed by atoms with E-state index in [2.05, 4.69) is 5.32 Å². The highest BCUT2D eigenvalue weighted by molar-refractivity contribution is 6.04. The minimum atomic E-state index is -0.363. The second kappa shape index (κ2) is 6.65. The van der Waals surface area contributed by atoms with Gasteiger partial charge in [-0.2, -0.15) is 0 Å². The standard InChI is InChI=1S/C23H19NO3/c1-14(18-8-4-6-15-5-2-3-7-19(15)18)24-23(27)20-12-10-16-9-11-17(25)13-21(16)22(20)26/h2-14,25-26H,1H3,(H,24,27)/t14-/m0/s1. The summed E-state index contributed by atoms with van der Waals surface area (Å²) in [4.78, 5) is 12.8. The van der Waals surface area contributed by atoms with Crippen LogP contribution >= 0.6 is 0 Å². The number of rotatable bonds is 3. The van der Waals surface area contributed by atoms with Crippen molar-refractivity contribution in [2.45, 2.75) is 13.0 Å². The zero-order valence-corrected chi connectivity index (χ0v) is 14.8. The highest BCUT2D eigenvalue weighted by Gasteiger charge is 2.18. The maximum absolute atomic E-state index is 12.8. The molecule has 0 saturated carbocycles. The first kappa shape index (κ1) is 16.9. The average Bonchev–Trinajstić information content (AvgIpc) is 2.68. The van der Waals surface area contributed by atoms with Crippen molar-refractivity contribution in [2.75, 3.05) is 0 Å². The molecule has 0 heterocycles. The van der Waals surface area contributed by atoms with Gasteiger partial charge in [-0.1, -0.05) is 54.6 Å². The normalized spacial score (nSPS) is 12.2. The molecule has 134 valence electrons. The van der Waals surface area contributed by atoms with Crippen LogP contribution in [0.1, 0.15) is 28.9 Å². The lowest BCUT2D eigenvalue weighted by Gasteiger charge is -2.17. The van der Waals surface area contributed by atoms with Gasteiger partial charge in [0.25, 0.3) is 5.91 Å². The molecule has 0 radical (unpaired) electrons. The first-order valence-electron chi connectivity index (χ1n) is 8.78. The molecule has 0 aromatic heterocycles. The van der Waals surface area contributed by atoms with Crippen LogP contribution in [0.25, 0.3) is 21.5 Å². The lowest BCUT2D eigenvalue weighted by molar-refractivity contribution is 0.0937. The molecule has 1 amide bonds. The number of aromatic hydroxyl groups is 2. The number of carbonyl (C=O) groups is 1. The molecule has 0 spiro atoms. The van der Waals surface area contributed by atoms with E-state index < -0.39 is 0 Å². The highest BCUT2D eigenvalue weighted by Crippen LogP contribution is 2.32. The fourth-order valence-electron chi connectivity index (χ4n) is 3.46. The summed E-state index contributed by atoms with van der Waals surface area (Å²) in [6.07, 6.45) is 0. The molecule has 0 fully saturated rings. The SMILES string of the molecule is C[C@H](NC(=O)c1ccc2ccc(O)cc2c1O)c1cccc2ccccc12. The van der Waals surface area contributed by atoms with Crippen LogP contribution in [0.4, 0.5) is 0 Å². The van der Waals surface area contributed by atoms with Crippen LogP contribution in [0.2, 0.25) is 0 Å². The van der Waals surface area contributed by atoms with Gasteiger partial charge in [-0.3, -0.25) is 4.79 Å². The van der Waals surface area contributed by atoms with E-state index in [9.17, 15) is 15.0 Å². The largest absolute Gasteiger partial charge is 0.508 e. The van der Waals surface area contributed by atoms with Gasteiger partial charge in [0.1, 0.15) is 11.5 Å². The maximum atomic E-state index is 12.8. The smallest absolute Gasteiger partial charge is 0.255 e. The van der Waals surface area contributed by atoms with Gasteiger partial charge in [0.05, 0.1) is 11.6 Å². The Morgan fingerprint density at radius 1 is 0.852 bits per heavy atom.